The van der Waals surface area contributed by atoms with Gasteiger partial charge in [-0.2, -0.15) is 0 Å². The van der Waals surface area contributed by atoms with Crippen molar-refractivity contribution in [1.29, 1.82) is 0 Å². The summed E-state index contributed by atoms with van der Waals surface area (Å²) in [5.74, 6) is 0. The van der Waals surface area contributed by atoms with E-state index in [-0.39, 0.29) is 6.10 Å². The zero-order chi connectivity index (χ0) is 12.4. The number of ether oxygens (including phenoxy) is 1. The van der Waals surface area contributed by atoms with Gasteiger partial charge in [0.25, 0.3) is 0 Å². The number of rotatable bonds is 2. The van der Waals surface area contributed by atoms with Crippen LogP contribution in [0.3, 0.4) is 0 Å². The minimum absolute atomic E-state index is 0.102. The summed E-state index contributed by atoms with van der Waals surface area (Å²) >= 11 is 0. The minimum atomic E-state index is 0.102. The van der Waals surface area contributed by atoms with Gasteiger partial charge < -0.3 is 4.74 Å². The Balaban J connectivity index is 2.15. The fourth-order valence-corrected chi connectivity index (χ4v) is 2.82. The van der Waals surface area contributed by atoms with E-state index >= 15 is 0 Å². The van der Waals surface area contributed by atoms with E-state index in [4.69, 9.17) is 4.74 Å². The van der Waals surface area contributed by atoms with Gasteiger partial charge in [-0.3, -0.25) is 0 Å². The van der Waals surface area contributed by atoms with Crippen molar-refractivity contribution in [3.8, 4) is 0 Å². The van der Waals surface area contributed by atoms with Crippen molar-refractivity contribution in [2.75, 3.05) is 6.61 Å². The molecule has 0 N–H and O–H groups in total. The lowest BCUT2D eigenvalue weighted by Crippen LogP contribution is -2.08. The summed E-state index contributed by atoms with van der Waals surface area (Å²) in [6, 6.07) is 17.3. The van der Waals surface area contributed by atoms with E-state index in [2.05, 4.69) is 55.5 Å². The van der Waals surface area contributed by atoms with Crippen LogP contribution in [0.4, 0.5) is 0 Å². The second-order valence-electron chi connectivity index (χ2n) is 4.73. The average molecular weight is 238 g/mol. The zero-order valence-corrected chi connectivity index (χ0v) is 10.7. The van der Waals surface area contributed by atoms with Gasteiger partial charge >= 0.3 is 0 Å². The van der Waals surface area contributed by atoms with E-state index in [1.165, 1.54) is 22.3 Å². The lowest BCUT2D eigenvalue weighted by molar-refractivity contribution is 0.0909. The molecule has 3 rings (SSSR count). The quantitative estimate of drug-likeness (QED) is 0.770. The normalized spacial score (nSPS) is 14.7. The molecule has 1 aliphatic rings. The van der Waals surface area contributed by atoms with Gasteiger partial charge in [-0.25, -0.2) is 0 Å². The van der Waals surface area contributed by atoms with Crippen LogP contribution in [0.2, 0.25) is 0 Å². The summed E-state index contributed by atoms with van der Waals surface area (Å²) in [6.45, 7) is 2.81. The maximum Gasteiger partial charge on any atom is 0.108 e. The van der Waals surface area contributed by atoms with Crippen LogP contribution >= 0.6 is 0 Å². The van der Waals surface area contributed by atoms with Crippen molar-refractivity contribution in [2.24, 2.45) is 0 Å². The first-order valence-corrected chi connectivity index (χ1v) is 6.67. The smallest absolute Gasteiger partial charge is 0.108 e. The molecule has 2 aromatic carbocycles. The van der Waals surface area contributed by atoms with Crippen molar-refractivity contribution in [2.45, 2.75) is 25.9 Å². The highest BCUT2D eigenvalue weighted by Crippen LogP contribution is 2.34. The van der Waals surface area contributed by atoms with Gasteiger partial charge in [0.15, 0.2) is 0 Å². The van der Waals surface area contributed by atoms with Crippen LogP contribution in [0, 0.1) is 0 Å². The summed E-state index contributed by atoms with van der Waals surface area (Å²) in [7, 11) is 0. The first kappa shape index (κ1) is 11.5. The molecule has 1 nitrogen and oxygen atoms in total. The van der Waals surface area contributed by atoms with Gasteiger partial charge in [-0.1, -0.05) is 48.5 Å². The monoisotopic (exact) mass is 238 g/mol. The Kier molecular flexibility index (Phi) is 3.16. The first-order valence-electron chi connectivity index (χ1n) is 6.67. The summed E-state index contributed by atoms with van der Waals surface area (Å²) in [6.07, 6.45) is 2.32. The largest absolute Gasteiger partial charge is 0.369 e. The number of aryl methyl sites for hydroxylation is 2. The molecule has 0 aromatic heterocycles. The standard InChI is InChI=1S/C17H18O/c1-2-18-17-15-9-5-3-7-13(15)11-12-14-8-4-6-10-16(14)17/h3-10,17H,2,11-12H2,1H3. The molecule has 1 heteroatoms. The van der Waals surface area contributed by atoms with Crippen LogP contribution in [-0.4, -0.2) is 6.61 Å². The third kappa shape index (κ3) is 1.95. The Hall–Kier alpha value is -1.60. The Labute approximate surface area is 108 Å². The zero-order valence-electron chi connectivity index (χ0n) is 10.7. The lowest BCUT2D eigenvalue weighted by atomic mass is 9.97. The van der Waals surface area contributed by atoms with Gasteiger partial charge in [-0.15, -0.1) is 0 Å². The highest BCUT2D eigenvalue weighted by atomic mass is 16.5. The highest BCUT2D eigenvalue weighted by molar-refractivity contribution is 5.43. The van der Waals surface area contributed by atoms with Crippen molar-refractivity contribution >= 4 is 0 Å². The van der Waals surface area contributed by atoms with E-state index in [9.17, 15) is 0 Å². The maximum atomic E-state index is 6.02. The molecule has 0 saturated heterocycles. The van der Waals surface area contributed by atoms with Crippen LogP contribution in [-0.2, 0) is 17.6 Å². The number of benzene rings is 2. The Morgan fingerprint density at radius 1 is 0.889 bits per heavy atom. The Morgan fingerprint density at radius 2 is 1.39 bits per heavy atom. The van der Waals surface area contributed by atoms with Gasteiger partial charge in [0.05, 0.1) is 0 Å². The lowest BCUT2D eigenvalue weighted by Gasteiger charge is -2.20. The molecule has 0 fully saturated rings. The van der Waals surface area contributed by atoms with Crippen molar-refractivity contribution < 1.29 is 4.74 Å². The molecular weight excluding hydrogens is 220 g/mol. The number of hydrogen-bond donors (Lipinski definition) is 0. The second kappa shape index (κ2) is 4.95. The summed E-state index contributed by atoms with van der Waals surface area (Å²) < 4.78 is 6.02. The SMILES string of the molecule is CCOC1c2ccccc2CCc2ccccc21. The predicted molar refractivity (Wildman–Crippen MR) is 73.8 cm³/mol. The molecule has 0 radical (unpaired) electrons. The maximum absolute atomic E-state index is 6.02. The Bertz CT molecular complexity index is 497. The molecule has 0 amide bonds. The van der Waals surface area contributed by atoms with Gasteiger partial charge in [0.1, 0.15) is 6.10 Å². The molecule has 1 aliphatic carbocycles. The van der Waals surface area contributed by atoms with E-state index in [1.807, 2.05) is 0 Å². The first-order chi connectivity index (χ1) is 8.90. The van der Waals surface area contributed by atoms with E-state index in [0.717, 1.165) is 19.4 Å². The van der Waals surface area contributed by atoms with Gasteiger partial charge in [-0.05, 0) is 42.0 Å². The van der Waals surface area contributed by atoms with Crippen LogP contribution in [0.15, 0.2) is 48.5 Å². The molecule has 0 atom stereocenters. The molecule has 0 heterocycles. The van der Waals surface area contributed by atoms with Crippen molar-refractivity contribution in [3.63, 3.8) is 0 Å². The molecule has 0 unspecified atom stereocenters. The number of fused-ring (bicyclic) bond motifs is 2. The fraction of sp³-hybridized carbons (Fsp3) is 0.294. The summed E-state index contributed by atoms with van der Waals surface area (Å²) in [5, 5.41) is 0. The van der Waals surface area contributed by atoms with Crippen LogP contribution in [0.25, 0.3) is 0 Å². The van der Waals surface area contributed by atoms with E-state index < -0.39 is 0 Å². The number of hydrogen-bond acceptors (Lipinski definition) is 1. The average Bonchev–Trinajstić information content (AvgIpc) is 2.58. The highest BCUT2D eigenvalue weighted by Gasteiger charge is 2.22. The molecule has 0 saturated carbocycles. The molecule has 18 heavy (non-hydrogen) atoms. The minimum Gasteiger partial charge on any atom is -0.369 e. The van der Waals surface area contributed by atoms with E-state index in [0.29, 0.717) is 0 Å². The molecule has 0 bridgehead atoms. The van der Waals surface area contributed by atoms with Crippen LogP contribution in [0.5, 0.6) is 0 Å². The third-order valence-electron chi connectivity index (χ3n) is 3.67. The predicted octanol–water partition coefficient (Wildman–Crippen LogP) is 3.91. The van der Waals surface area contributed by atoms with Crippen LogP contribution < -0.4 is 0 Å². The van der Waals surface area contributed by atoms with Crippen molar-refractivity contribution in [3.05, 3.63) is 70.8 Å². The Morgan fingerprint density at radius 3 is 1.89 bits per heavy atom. The molecule has 2 aromatic rings. The molecule has 0 aliphatic heterocycles. The molecule has 0 spiro atoms. The van der Waals surface area contributed by atoms with Gasteiger partial charge in [0.2, 0.25) is 0 Å². The van der Waals surface area contributed by atoms with Gasteiger partial charge in [0, 0.05) is 6.61 Å². The topological polar surface area (TPSA) is 9.23 Å². The van der Waals surface area contributed by atoms with Crippen molar-refractivity contribution in [1.82, 2.24) is 0 Å². The second-order valence-corrected chi connectivity index (χ2v) is 4.73. The van der Waals surface area contributed by atoms with Crippen LogP contribution in [0.1, 0.15) is 35.3 Å². The molecule has 92 valence electrons. The fourth-order valence-electron chi connectivity index (χ4n) is 2.82. The van der Waals surface area contributed by atoms with E-state index in [1.54, 1.807) is 0 Å². The summed E-state index contributed by atoms with van der Waals surface area (Å²) in [4.78, 5) is 0. The summed E-state index contributed by atoms with van der Waals surface area (Å²) in [5.41, 5.74) is 5.52. The third-order valence-corrected chi connectivity index (χ3v) is 3.67. The molecular formula is C17H18O.